The summed E-state index contributed by atoms with van der Waals surface area (Å²) in [6, 6.07) is 2.01. The van der Waals surface area contributed by atoms with E-state index < -0.39 is 0 Å². The molecular weight excluding hydrogens is 248 g/mol. The van der Waals surface area contributed by atoms with Gasteiger partial charge in [0.2, 0.25) is 5.91 Å². The van der Waals surface area contributed by atoms with Gasteiger partial charge in [-0.25, -0.2) is 0 Å². The van der Waals surface area contributed by atoms with Gasteiger partial charge in [-0.3, -0.25) is 9.48 Å². The van der Waals surface area contributed by atoms with Crippen LogP contribution in [0.4, 0.5) is 0 Å². The summed E-state index contributed by atoms with van der Waals surface area (Å²) in [5.41, 5.74) is 1.12. The van der Waals surface area contributed by atoms with Crippen molar-refractivity contribution in [3.05, 3.63) is 34.8 Å². The van der Waals surface area contributed by atoms with Gasteiger partial charge in [-0.1, -0.05) is 5.21 Å². The van der Waals surface area contributed by atoms with E-state index in [2.05, 4.69) is 10.3 Å². The Morgan fingerprint density at radius 3 is 3.06 bits per heavy atom. The lowest BCUT2D eigenvalue weighted by Gasteiger charge is -2.39. The van der Waals surface area contributed by atoms with Crippen molar-refractivity contribution in [1.29, 1.82) is 0 Å². The molecule has 1 fully saturated rings. The highest BCUT2D eigenvalue weighted by Gasteiger charge is 2.30. The van der Waals surface area contributed by atoms with E-state index in [9.17, 15) is 4.79 Å². The highest BCUT2D eigenvalue weighted by molar-refractivity contribution is 7.07. The summed E-state index contributed by atoms with van der Waals surface area (Å²) in [5.74, 6) is 0.737. The standard InChI is InChI=1S/C12H14N4OS/c17-12(5-10-1-4-18-9-10)15-6-11(7-15)8-16-3-2-13-14-16/h1-4,9,11H,5-8H2. The number of carbonyl (C=O) groups is 1. The van der Waals surface area contributed by atoms with Crippen LogP contribution in [0.2, 0.25) is 0 Å². The molecule has 0 bridgehead atoms. The van der Waals surface area contributed by atoms with Crippen LogP contribution in [0.5, 0.6) is 0 Å². The maximum atomic E-state index is 11.9. The molecule has 2 aromatic heterocycles. The second kappa shape index (κ2) is 4.89. The van der Waals surface area contributed by atoms with E-state index in [1.807, 2.05) is 32.6 Å². The van der Waals surface area contributed by atoms with Crippen molar-refractivity contribution in [2.45, 2.75) is 13.0 Å². The molecule has 1 saturated heterocycles. The quantitative estimate of drug-likeness (QED) is 0.827. The van der Waals surface area contributed by atoms with Crippen LogP contribution < -0.4 is 0 Å². The molecule has 0 atom stereocenters. The lowest BCUT2D eigenvalue weighted by molar-refractivity contribution is -0.137. The third kappa shape index (κ3) is 2.43. The highest BCUT2D eigenvalue weighted by Crippen LogP contribution is 2.19. The predicted molar refractivity (Wildman–Crippen MR) is 68.1 cm³/mol. The molecule has 2 aromatic rings. The zero-order valence-electron chi connectivity index (χ0n) is 9.90. The van der Waals surface area contributed by atoms with Crippen LogP contribution >= 0.6 is 11.3 Å². The molecule has 0 saturated carbocycles. The molecule has 3 heterocycles. The average molecular weight is 262 g/mol. The summed E-state index contributed by atoms with van der Waals surface area (Å²) in [6.07, 6.45) is 4.06. The zero-order valence-corrected chi connectivity index (χ0v) is 10.7. The smallest absolute Gasteiger partial charge is 0.227 e. The van der Waals surface area contributed by atoms with Crippen LogP contribution in [0.3, 0.4) is 0 Å². The summed E-state index contributed by atoms with van der Waals surface area (Å²) < 4.78 is 1.82. The Labute approximate surface area is 109 Å². The van der Waals surface area contributed by atoms with Crippen molar-refractivity contribution in [1.82, 2.24) is 19.9 Å². The van der Waals surface area contributed by atoms with Crippen molar-refractivity contribution in [3.8, 4) is 0 Å². The van der Waals surface area contributed by atoms with E-state index in [4.69, 9.17) is 0 Å². The summed E-state index contributed by atoms with van der Waals surface area (Å²) in [5, 5.41) is 11.7. The second-order valence-corrected chi connectivity index (χ2v) is 5.38. The predicted octanol–water partition coefficient (Wildman–Crippen LogP) is 1.04. The van der Waals surface area contributed by atoms with Gasteiger partial charge >= 0.3 is 0 Å². The molecule has 0 aliphatic carbocycles. The molecule has 1 amide bonds. The van der Waals surface area contributed by atoms with Gasteiger partial charge in [0.25, 0.3) is 0 Å². The van der Waals surface area contributed by atoms with Crippen LogP contribution in [0.15, 0.2) is 29.2 Å². The van der Waals surface area contributed by atoms with E-state index >= 15 is 0 Å². The fraction of sp³-hybridized carbons (Fsp3) is 0.417. The number of carbonyl (C=O) groups excluding carboxylic acids is 1. The molecule has 94 valence electrons. The number of hydrogen-bond acceptors (Lipinski definition) is 4. The molecule has 0 radical (unpaired) electrons. The fourth-order valence-corrected chi connectivity index (χ4v) is 2.83. The van der Waals surface area contributed by atoms with Crippen molar-refractivity contribution in [2.75, 3.05) is 13.1 Å². The van der Waals surface area contributed by atoms with E-state index in [0.717, 1.165) is 25.2 Å². The molecular formula is C12H14N4OS. The molecule has 1 aliphatic rings. The molecule has 0 N–H and O–H groups in total. The number of rotatable bonds is 4. The Morgan fingerprint density at radius 1 is 1.50 bits per heavy atom. The minimum absolute atomic E-state index is 0.225. The topological polar surface area (TPSA) is 51.0 Å². The lowest BCUT2D eigenvalue weighted by atomic mass is 9.99. The van der Waals surface area contributed by atoms with E-state index in [1.165, 1.54) is 0 Å². The van der Waals surface area contributed by atoms with E-state index in [0.29, 0.717) is 12.3 Å². The first-order valence-corrected chi connectivity index (χ1v) is 6.88. The summed E-state index contributed by atoms with van der Waals surface area (Å²) in [6.45, 7) is 2.52. The van der Waals surface area contributed by atoms with Crippen molar-refractivity contribution < 1.29 is 4.79 Å². The Bertz CT molecular complexity index is 502. The van der Waals surface area contributed by atoms with Crippen molar-refractivity contribution >= 4 is 17.2 Å². The monoisotopic (exact) mass is 262 g/mol. The molecule has 5 nitrogen and oxygen atoms in total. The first-order chi connectivity index (χ1) is 8.81. The van der Waals surface area contributed by atoms with Gasteiger partial charge in [-0.15, -0.1) is 5.10 Å². The Kier molecular flexibility index (Phi) is 3.10. The van der Waals surface area contributed by atoms with Gasteiger partial charge in [-0.2, -0.15) is 11.3 Å². The number of thiophene rings is 1. The molecule has 1 aliphatic heterocycles. The third-order valence-corrected chi connectivity index (χ3v) is 3.89. The minimum atomic E-state index is 0.225. The normalized spacial score (nSPS) is 15.7. The number of hydrogen-bond donors (Lipinski definition) is 0. The fourth-order valence-electron chi connectivity index (χ4n) is 2.16. The molecule has 6 heteroatoms. The highest BCUT2D eigenvalue weighted by atomic mass is 32.1. The average Bonchev–Trinajstić information content (AvgIpc) is 2.94. The molecule has 0 unspecified atom stereocenters. The SMILES string of the molecule is O=C(Cc1ccsc1)N1CC(Cn2ccnn2)C1. The number of nitrogens with zero attached hydrogens (tertiary/aromatic N) is 4. The van der Waals surface area contributed by atoms with Gasteiger partial charge in [0.05, 0.1) is 12.6 Å². The summed E-state index contributed by atoms with van der Waals surface area (Å²) >= 11 is 1.63. The second-order valence-electron chi connectivity index (χ2n) is 4.60. The third-order valence-electron chi connectivity index (χ3n) is 3.16. The van der Waals surface area contributed by atoms with Gasteiger partial charge in [-0.05, 0) is 22.4 Å². The molecule has 18 heavy (non-hydrogen) atoms. The first kappa shape index (κ1) is 11.4. The Morgan fingerprint density at radius 2 is 2.39 bits per heavy atom. The Hall–Kier alpha value is -1.69. The van der Waals surface area contributed by atoms with Crippen molar-refractivity contribution in [3.63, 3.8) is 0 Å². The van der Waals surface area contributed by atoms with Crippen LogP contribution in [-0.2, 0) is 17.8 Å². The van der Waals surface area contributed by atoms with E-state index in [-0.39, 0.29) is 5.91 Å². The van der Waals surface area contributed by atoms with Gasteiger partial charge in [0.15, 0.2) is 0 Å². The van der Waals surface area contributed by atoms with Gasteiger partial charge in [0.1, 0.15) is 0 Å². The van der Waals surface area contributed by atoms with Gasteiger partial charge in [0, 0.05) is 31.7 Å². The van der Waals surface area contributed by atoms with Crippen molar-refractivity contribution in [2.24, 2.45) is 5.92 Å². The summed E-state index contributed by atoms with van der Waals surface area (Å²) in [4.78, 5) is 13.9. The number of likely N-dealkylation sites (tertiary alicyclic amines) is 1. The summed E-state index contributed by atoms with van der Waals surface area (Å²) in [7, 11) is 0. The minimum Gasteiger partial charge on any atom is -0.342 e. The van der Waals surface area contributed by atoms with Crippen LogP contribution in [0, 0.1) is 5.92 Å². The van der Waals surface area contributed by atoms with E-state index in [1.54, 1.807) is 17.5 Å². The zero-order chi connectivity index (χ0) is 12.4. The Balaban J connectivity index is 1.45. The maximum absolute atomic E-state index is 11.9. The first-order valence-electron chi connectivity index (χ1n) is 5.94. The maximum Gasteiger partial charge on any atom is 0.227 e. The molecule has 3 rings (SSSR count). The molecule has 0 aromatic carbocycles. The lowest BCUT2D eigenvalue weighted by Crippen LogP contribution is -2.51. The van der Waals surface area contributed by atoms with Gasteiger partial charge < -0.3 is 4.90 Å². The largest absolute Gasteiger partial charge is 0.342 e. The number of amides is 1. The molecule has 0 spiro atoms. The van der Waals surface area contributed by atoms with Crippen LogP contribution in [0.25, 0.3) is 0 Å². The van der Waals surface area contributed by atoms with Crippen LogP contribution in [-0.4, -0.2) is 38.9 Å². The number of aromatic nitrogens is 3. The van der Waals surface area contributed by atoms with Crippen LogP contribution in [0.1, 0.15) is 5.56 Å².